The van der Waals surface area contributed by atoms with Gasteiger partial charge in [0.05, 0.1) is 11.3 Å². The van der Waals surface area contributed by atoms with Gasteiger partial charge in [-0.25, -0.2) is 0 Å². The van der Waals surface area contributed by atoms with Gasteiger partial charge >= 0.3 is 0 Å². The largest absolute Gasteiger partial charge is 0.454 e. The van der Waals surface area contributed by atoms with E-state index < -0.39 is 0 Å². The summed E-state index contributed by atoms with van der Waals surface area (Å²) in [6, 6.07) is 11.7. The Bertz CT molecular complexity index is 743. The van der Waals surface area contributed by atoms with Crippen LogP contribution in [0, 0.1) is 0 Å². The predicted octanol–water partition coefficient (Wildman–Crippen LogP) is 2.03. The lowest BCUT2D eigenvalue weighted by atomic mass is 10.1. The number of rotatable bonds is 3. The van der Waals surface area contributed by atoms with Crippen LogP contribution in [0.2, 0.25) is 0 Å². The van der Waals surface area contributed by atoms with Gasteiger partial charge in [0.2, 0.25) is 6.79 Å². The van der Waals surface area contributed by atoms with Gasteiger partial charge in [0.15, 0.2) is 11.5 Å². The number of nitrogens with one attached hydrogen (secondary N) is 2. The summed E-state index contributed by atoms with van der Waals surface area (Å²) in [5.74, 6) is 0.561. The van der Waals surface area contributed by atoms with Crippen LogP contribution in [0.15, 0.2) is 42.5 Å². The summed E-state index contributed by atoms with van der Waals surface area (Å²) in [4.78, 5) is 24.1. The Balaban J connectivity index is 1.84. The molecule has 1 aliphatic rings. The average molecular weight is 298 g/mol. The SMILES string of the molecule is CNC(=O)c1ccccc1NC(=O)c1ccc2c(c1)OCO2. The van der Waals surface area contributed by atoms with Crippen LogP contribution in [0.4, 0.5) is 5.69 Å². The third-order valence-electron chi connectivity index (χ3n) is 3.28. The number of carbonyl (C=O) groups excluding carboxylic acids is 2. The van der Waals surface area contributed by atoms with Gasteiger partial charge in [0, 0.05) is 12.6 Å². The second kappa shape index (κ2) is 5.77. The average Bonchev–Trinajstić information content (AvgIpc) is 3.02. The van der Waals surface area contributed by atoms with Crippen molar-refractivity contribution in [1.82, 2.24) is 5.32 Å². The predicted molar refractivity (Wildman–Crippen MR) is 80.4 cm³/mol. The van der Waals surface area contributed by atoms with Crippen molar-refractivity contribution < 1.29 is 19.1 Å². The van der Waals surface area contributed by atoms with Gasteiger partial charge in [-0.15, -0.1) is 0 Å². The molecule has 22 heavy (non-hydrogen) atoms. The van der Waals surface area contributed by atoms with Gasteiger partial charge in [-0.05, 0) is 30.3 Å². The van der Waals surface area contributed by atoms with Crippen molar-refractivity contribution in [1.29, 1.82) is 0 Å². The molecule has 3 rings (SSSR count). The van der Waals surface area contributed by atoms with E-state index in [1.807, 2.05) is 0 Å². The topological polar surface area (TPSA) is 76.7 Å². The van der Waals surface area contributed by atoms with E-state index in [9.17, 15) is 9.59 Å². The van der Waals surface area contributed by atoms with E-state index in [0.29, 0.717) is 28.3 Å². The van der Waals surface area contributed by atoms with Crippen molar-refractivity contribution in [3.8, 4) is 11.5 Å². The molecular formula is C16H14N2O4. The molecule has 1 aliphatic heterocycles. The number of hydrogen-bond acceptors (Lipinski definition) is 4. The van der Waals surface area contributed by atoms with Crippen LogP contribution in [0.5, 0.6) is 11.5 Å². The van der Waals surface area contributed by atoms with Crippen molar-refractivity contribution in [3.05, 3.63) is 53.6 Å². The molecule has 0 unspecified atom stereocenters. The van der Waals surface area contributed by atoms with Gasteiger partial charge in [0.1, 0.15) is 0 Å². The molecule has 1 heterocycles. The molecule has 0 bridgehead atoms. The highest BCUT2D eigenvalue weighted by molar-refractivity contribution is 6.09. The van der Waals surface area contributed by atoms with E-state index in [2.05, 4.69) is 10.6 Å². The third kappa shape index (κ3) is 2.58. The van der Waals surface area contributed by atoms with E-state index >= 15 is 0 Å². The first-order valence-corrected chi connectivity index (χ1v) is 6.71. The highest BCUT2D eigenvalue weighted by atomic mass is 16.7. The monoisotopic (exact) mass is 298 g/mol. The molecule has 2 aromatic rings. The first-order valence-electron chi connectivity index (χ1n) is 6.71. The molecule has 0 aromatic heterocycles. The van der Waals surface area contributed by atoms with E-state index in [1.165, 1.54) is 0 Å². The van der Waals surface area contributed by atoms with Gasteiger partial charge in [-0.1, -0.05) is 12.1 Å². The second-order valence-corrected chi connectivity index (χ2v) is 4.65. The summed E-state index contributed by atoms with van der Waals surface area (Å²) in [6.45, 7) is 0.153. The first-order chi connectivity index (χ1) is 10.7. The highest BCUT2D eigenvalue weighted by Gasteiger charge is 2.17. The summed E-state index contributed by atoms with van der Waals surface area (Å²) < 4.78 is 10.5. The molecule has 0 radical (unpaired) electrons. The maximum Gasteiger partial charge on any atom is 0.255 e. The molecule has 0 atom stereocenters. The fourth-order valence-electron chi connectivity index (χ4n) is 2.16. The minimum Gasteiger partial charge on any atom is -0.454 e. The van der Waals surface area contributed by atoms with Gasteiger partial charge in [-0.3, -0.25) is 9.59 Å². The molecule has 0 fully saturated rings. The standard InChI is InChI=1S/C16H14N2O4/c1-17-16(20)11-4-2-3-5-12(11)18-15(19)10-6-7-13-14(8-10)22-9-21-13/h2-8H,9H2,1H3,(H,17,20)(H,18,19). The summed E-state index contributed by atoms with van der Waals surface area (Å²) in [6.07, 6.45) is 0. The summed E-state index contributed by atoms with van der Waals surface area (Å²) in [5, 5.41) is 5.28. The number of fused-ring (bicyclic) bond motifs is 1. The number of benzene rings is 2. The zero-order valence-electron chi connectivity index (χ0n) is 11.9. The van der Waals surface area contributed by atoms with E-state index in [-0.39, 0.29) is 18.6 Å². The molecule has 0 saturated carbocycles. The molecule has 6 nitrogen and oxygen atoms in total. The van der Waals surface area contributed by atoms with Gasteiger partial charge < -0.3 is 20.1 Å². The number of carbonyl (C=O) groups is 2. The molecular weight excluding hydrogens is 284 g/mol. The van der Waals surface area contributed by atoms with Crippen LogP contribution >= 0.6 is 0 Å². The summed E-state index contributed by atoms with van der Waals surface area (Å²) in [5.41, 5.74) is 1.28. The normalized spacial score (nSPS) is 11.9. The number of hydrogen-bond donors (Lipinski definition) is 2. The van der Waals surface area contributed by atoms with Crippen LogP contribution in [-0.4, -0.2) is 25.7 Å². The summed E-state index contributed by atoms with van der Waals surface area (Å²) in [7, 11) is 1.54. The highest BCUT2D eigenvalue weighted by Crippen LogP contribution is 2.32. The number of para-hydroxylation sites is 1. The number of anilines is 1. The first kappa shape index (κ1) is 13.9. The lowest BCUT2D eigenvalue weighted by molar-refractivity contribution is 0.0964. The van der Waals surface area contributed by atoms with Crippen molar-refractivity contribution in [2.75, 3.05) is 19.2 Å². The fourth-order valence-corrected chi connectivity index (χ4v) is 2.16. The van der Waals surface area contributed by atoms with Gasteiger partial charge in [-0.2, -0.15) is 0 Å². The van der Waals surface area contributed by atoms with Crippen LogP contribution in [0.1, 0.15) is 20.7 Å². The maximum absolute atomic E-state index is 12.3. The lowest BCUT2D eigenvalue weighted by Gasteiger charge is -2.10. The van der Waals surface area contributed by atoms with E-state index in [0.717, 1.165) is 0 Å². The minimum absolute atomic E-state index is 0.153. The Morgan fingerprint density at radius 1 is 1.00 bits per heavy atom. The minimum atomic E-state index is -0.324. The Hall–Kier alpha value is -3.02. The second-order valence-electron chi connectivity index (χ2n) is 4.65. The van der Waals surface area contributed by atoms with Crippen LogP contribution in [0.25, 0.3) is 0 Å². The maximum atomic E-state index is 12.3. The zero-order chi connectivity index (χ0) is 15.5. The van der Waals surface area contributed by atoms with Crippen molar-refractivity contribution >= 4 is 17.5 Å². The van der Waals surface area contributed by atoms with E-state index in [4.69, 9.17) is 9.47 Å². The molecule has 2 aromatic carbocycles. The number of amides is 2. The molecule has 112 valence electrons. The lowest BCUT2D eigenvalue weighted by Crippen LogP contribution is -2.21. The smallest absolute Gasteiger partial charge is 0.255 e. The Morgan fingerprint density at radius 3 is 2.59 bits per heavy atom. The van der Waals surface area contributed by atoms with Crippen LogP contribution in [-0.2, 0) is 0 Å². The quantitative estimate of drug-likeness (QED) is 0.909. The fraction of sp³-hybridized carbons (Fsp3) is 0.125. The van der Waals surface area contributed by atoms with Crippen LogP contribution in [0.3, 0.4) is 0 Å². The third-order valence-corrected chi connectivity index (χ3v) is 3.28. The molecule has 0 saturated heterocycles. The molecule has 2 N–H and O–H groups in total. The molecule has 0 aliphatic carbocycles. The number of ether oxygens (including phenoxy) is 2. The molecule has 0 spiro atoms. The van der Waals surface area contributed by atoms with Gasteiger partial charge in [0.25, 0.3) is 11.8 Å². The molecule has 2 amide bonds. The molecule has 6 heteroatoms. The Kier molecular flexibility index (Phi) is 3.65. The van der Waals surface area contributed by atoms with Crippen molar-refractivity contribution in [2.24, 2.45) is 0 Å². The van der Waals surface area contributed by atoms with Crippen molar-refractivity contribution in [2.45, 2.75) is 0 Å². The summed E-state index contributed by atoms with van der Waals surface area (Å²) >= 11 is 0. The van der Waals surface area contributed by atoms with Crippen molar-refractivity contribution in [3.63, 3.8) is 0 Å². The van der Waals surface area contributed by atoms with E-state index in [1.54, 1.807) is 49.5 Å². The Labute approximate surface area is 127 Å². The zero-order valence-corrected chi connectivity index (χ0v) is 11.9. The van der Waals surface area contributed by atoms with Crippen LogP contribution < -0.4 is 20.1 Å². The Morgan fingerprint density at radius 2 is 1.77 bits per heavy atom.